The molecular weight excluding hydrogens is 367 g/mol. The molecule has 2 saturated carbocycles. The Hall–Kier alpha value is -0.850. The minimum absolute atomic E-state index is 0.120. The molecular formula is C29H45F. The van der Waals surface area contributed by atoms with Crippen LogP contribution in [0, 0.1) is 29.5 Å². The summed E-state index contributed by atoms with van der Waals surface area (Å²) < 4.78 is 15.2. The number of fused-ring (bicyclic) bond motifs is 2. The fourth-order valence-corrected chi connectivity index (χ4v) is 7.10. The lowest BCUT2D eigenvalue weighted by Gasteiger charge is -2.42. The van der Waals surface area contributed by atoms with E-state index in [1.807, 2.05) is 6.07 Å². The summed E-state index contributed by atoms with van der Waals surface area (Å²) in [6, 6.07) is 4.38. The Morgan fingerprint density at radius 1 is 0.833 bits per heavy atom. The first-order valence-corrected chi connectivity index (χ1v) is 13.5. The van der Waals surface area contributed by atoms with Gasteiger partial charge in [0, 0.05) is 0 Å². The van der Waals surface area contributed by atoms with E-state index in [2.05, 4.69) is 19.9 Å². The van der Waals surface area contributed by atoms with E-state index in [-0.39, 0.29) is 5.82 Å². The molecule has 3 aliphatic carbocycles. The molecule has 168 valence electrons. The summed E-state index contributed by atoms with van der Waals surface area (Å²) in [5.41, 5.74) is 3.75. The van der Waals surface area contributed by atoms with Crippen molar-refractivity contribution in [3.8, 4) is 0 Å². The zero-order valence-electron chi connectivity index (χ0n) is 19.7. The summed E-state index contributed by atoms with van der Waals surface area (Å²) in [5, 5.41) is 0. The van der Waals surface area contributed by atoms with Crippen LogP contribution in [0.2, 0.25) is 0 Å². The topological polar surface area (TPSA) is 0 Å². The minimum Gasteiger partial charge on any atom is -0.207 e. The summed E-state index contributed by atoms with van der Waals surface area (Å²) in [6.45, 7) is 4.64. The largest absolute Gasteiger partial charge is 0.207 e. The molecule has 1 heteroatoms. The van der Waals surface area contributed by atoms with Crippen molar-refractivity contribution in [1.82, 2.24) is 0 Å². The van der Waals surface area contributed by atoms with Crippen LogP contribution in [0.4, 0.5) is 4.39 Å². The molecule has 0 N–H and O–H groups in total. The third-order valence-corrected chi connectivity index (χ3v) is 9.11. The van der Waals surface area contributed by atoms with E-state index in [0.717, 1.165) is 36.2 Å². The normalized spacial score (nSPS) is 31.2. The first kappa shape index (κ1) is 22.3. The predicted octanol–water partition coefficient (Wildman–Crippen LogP) is 9.00. The molecule has 0 heterocycles. The van der Waals surface area contributed by atoms with E-state index in [0.29, 0.717) is 11.8 Å². The van der Waals surface area contributed by atoms with E-state index in [4.69, 9.17) is 0 Å². The second-order valence-corrected chi connectivity index (χ2v) is 11.1. The summed E-state index contributed by atoms with van der Waals surface area (Å²) in [6.07, 6.45) is 21.1. The van der Waals surface area contributed by atoms with Gasteiger partial charge >= 0.3 is 0 Å². The van der Waals surface area contributed by atoms with E-state index >= 15 is 4.39 Å². The van der Waals surface area contributed by atoms with Crippen LogP contribution in [0.15, 0.2) is 12.1 Å². The number of rotatable bonds is 8. The highest BCUT2D eigenvalue weighted by Crippen LogP contribution is 2.48. The van der Waals surface area contributed by atoms with Crippen molar-refractivity contribution < 1.29 is 4.39 Å². The second-order valence-electron chi connectivity index (χ2n) is 11.1. The molecule has 1 aromatic rings. The highest BCUT2D eigenvalue weighted by molar-refractivity contribution is 5.37. The molecule has 0 spiro atoms. The van der Waals surface area contributed by atoms with Crippen molar-refractivity contribution in [3.05, 3.63) is 34.6 Å². The smallest absolute Gasteiger partial charge is 0.126 e. The van der Waals surface area contributed by atoms with Gasteiger partial charge in [-0.2, -0.15) is 0 Å². The number of unbranched alkanes of at least 4 members (excludes halogenated alkanes) is 4. The van der Waals surface area contributed by atoms with Crippen LogP contribution in [0.25, 0.3) is 0 Å². The molecule has 0 aliphatic heterocycles. The Morgan fingerprint density at radius 2 is 1.63 bits per heavy atom. The number of aryl methyl sites for hydroxylation is 1. The summed E-state index contributed by atoms with van der Waals surface area (Å²) >= 11 is 0. The SMILES string of the molecule is CCCCCCCC1CCc2cc(C3CCC4CC(CC)CCC4C3)cc(F)c2C1. The van der Waals surface area contributed by atoms with Gasteiger partial charge in [0.1, 0.15) is 5.82 Å². The number of benzene rings is 1. The van der Waals surface area contributed by atoms with E-state index in [9.17, 15) is 0 Å². The van der Waals surface area contributed by atoms with Crippen LogP contribution < -0.4 is 0 Å². The summed E-state index contributed by atoms with van der Waals surface area (Å²) in [4.78, 5) is 0. The first-order valence-electron chi connectivity index (χ1n) is 13.5. The van der Waals surface area contributed by atoms with Gasteiger partial charge in [-0.15, -0.1) is 0 Å². The fraction of sp³-hybridized carbons (Fsp3) is 0.793. The number of halogens is 1. The van der Waals surface area contributed by atoms with Crippen LogP contribution in [0.1, 0.15) is 126 Å². The monoisotopic (exact) mass is 412 g/mol. The summed E-state index contributed by atoms with van der Waals surface area (Å²) in [5.74, 6) is 4.28. The molecule has 5 unspecified atom stereocenters. The molecule has 0 saturated heterocycles. The van der Waals surface area contributed by atoms with Gasteiger partial charge in [0.2, 0.25) is 0 Å². The van der Waals surface area contributed by atoms with Crippen molar-refractivity contribution >= 4 is 0 Å². The standard InChI is InChI=1S/C29H45F/c1-3-5-6-7-8-9-22-11-13-26-19-27(20-29(30)28(26)17-22)25-15-14-23-16-21(4-2)10-12-24(23)18-25/h19-25H,3-18H2,1-2H3. The van der Waals surface area contributed by atoms with Crippen LogP contribution in [-0.2, 0) is 12.8 Å². The molecule has 5 atom stereocenters. The third kappa shape index (κ3) is 5.31. The minimum atomic E-state index is 0.120. The van der Waals surface area contributed by atoms with Crippen molar-refractivity contribution in [2.24, 2.45) is 23.7 Å². The van der Waals surface area contributed by atoms with Crippen LogP contribution in [-0.4, -0.2) is 0 Å². The van der Waals surface area contributed by atoms with Gasteiger partial charge < -0.3 is 0 Å². The third-order valence-electron chi connectivity index (χ3n) is 9.11. The lowest BCUT2D eigenvalue weighted by molar-refractivity contribution is 0.116. The average Bonchev–Trinajstić information content (AvgIpc) is 2.78. The Balaban J connectivity index is 1.35. The highest BCUT2D eigenvalue weighted by atomic mass is 19.1. The quantitative estimate of drug-likeness (QED) is 0.374. The zero-order chi connectivity index (χ0) is 20.9. The molecule has 0 amide bonds. The highest BCUT2D eigenvalue weighted by Gasteiger charge is 2.36. The van der Waals surface area contributed by atoms with Crippen molar-refractivity contribution in [3.63, 3.8) is 0 Å². The Morgan fingerprint density at radius 3 is 2.47 bits per heavy atom. The van der Waals surface area contributed by atoms with Gasteiger partial charge in [0.25, 0.3) is 0 Å². The van der Waals surface area contributed by atoms with E-state index in [1.54, 1.807) is 0 Å². The Bertz CT molecular complexity index is 677. The second kappa shape index (κ2) is 10.6. The summed E-state index contributed by atoms with van der Waals surface area (Å²) in [7, 11) is 0. The molecule has 2 fully saturated rings. The van der Waals surface area contributed by atoms with Gasteiger partial charge in [0.15, 0.2) is 0 Å². The maximum Gasteiger partial charge on any atom is 0.126 e. The molecule has 3 aliphatic rings. The number of hydrogen-bond acceptors (Lipinski definition) is 0. The molecule has 0 aromatic heterocycles. The van der Waals surface area contributed by atoms with Crippen molar-refractivity contribution in [2.75, 3.05) is 0 Å². The molecule has 0 bridgehead atoms. The maximum absolute atomic E-state index is 15.2. The van der Waals surface area contributed by atoms with Crippen LogP contribution in [0.3, 0.4) is 0 Å². The van der Waals surface area contributed by atoms with Gasteiger partial charge in [-0.1, -0.05) is 71.3 Å². The van der Waals surface area contributed by atoms with E-state index < -0.39 is 0 Å². The lowest BCUT2D eigenvalue weighted by Crippen LogP contribution is -2.30. The zero-order valence-corrected chi connectivity index (χ0v) is 19.7. The predicted molar refractivity (Wildman–Crippen MR) is 126 cm³/mol. The Labute approximate surface area is 185 Å². The van der Waals surface area contributed by atoms with Crippen molar-refractivity contribution in [1.29, 1.82) is 0 Å². The lowest BCUT2D eigenvalue weighted by atomic mass is 9.63. The molecule has 4 rings (SSSR count). The van der Waals surface area contributed by atoms with Crippen LogP contribution in [0.5, 0.6) is 0 Å². The molecule has 1 aromatic carbocycles. The molecule has 0 radical (unpaired) electrons. The van der Waals surface area contributed by atoms with Crippen LogP contribution >= 0.6 is 0 Å². The fourth-order valence-electron chi connectivity index (χ4n) is 7.10. The van der Waals surface area contributed by atoms with Gasteiger partial charge in [-0.3, -0.25) is 0 Å². The first-order chi connectivity index (χ1) is 14.7. The number of hydrogen-bond donors (Lipinski definition) is 0. The van der Waals surface area contributed by atoms with Crippen molar-refractivity contribution in [2.45, 2.75) is 122 Å². The molecule has 30 heavy (non-hydrogen) atoms. The maximum atomic E-state index is 15.2. The van der Waals surface area contributed by atoms with Gasteiger partial charge in [-0.05, 0) is 104 Å². The van der Waals surface area contributed by atoms with E-state index in [1.165, 1.54) is 101 Å². The van der Waals surface area contributed by atoms with Gasteiger partial charge in [0.05, 0.1) is 0 Å². The molecule has 0 nitrogen and oxygen atoms in total. The van der Waals surface area contributed by atoms with Gasteiger partial charge in [-0.25, -0.2) is 4.39 Å². The average molecular weight is 413 g/mol. The Kier molecular flexibility index (Phi) is 7.93.